The molecule has 62 valence electrons. The molecule has 0 spiro atoms. The van der Waals surface area contributed by atoms with Crippen LogP contribution >= 0.6 is 0 Å². The van der Waals surface area contributed by atoms with Gasteiger partial charge in [-0.25, -0.2) is 9.13 Å². The van der Waals surface area contributed by atoms with Crippen molar-refractivity contribution in [3.63, 3.8) is 0 Å². The zero-order chi connectivity index (χ0) is 8.27. The number of aromatic nitrogens is 2. The summed E-state index contributed by atoms with van der Waals surface area (Å²) in [5, 5.41) is 0. The third kappa shape index (κ3) is 1.82. The monoisotopic (exact) mass is 153 g/mol. The van der Waals surface area contributed by atoms with E-state index < -0.39 is 0 Å². The van der Waals surface area contributed by atoms with Crippen molar-refractivity contribution in [3.8, 4) is 0 Å². The lowest BCUT2D eigenvalue weighted by molar-refractivity contribution is -0.677. The van der Waals surface area contributed by atoms with Crippen molar-refractivity contribution in [3.05, 3.63) is 18.2 Å². The van der Waals surface area contributed by atoms with Crippen molar-refractivity contribution in [2.24, 2.45) is 7.05 Å². The van der Waals surface area contributed by atoms with Gasteiger partial charge >= 0.3 is 0 Å². The van der Waals surface area contributed by atoms with E-state index in [-0.39, 0.29) is 0 Å². The molecule has 0 unspecified atom stereocenters. The van der Waals surface area contributed by atoms with Crippen molar-refractivity contribution in [1.82, 2.24) is 4.57 Å². The number of hydrogen-bond donors (Lipinski definition) is 0. The van der Waals surface area contributed by atoms with Gasteiger partial charge in [0.25, 0.3) is 5.82 Å². The summed E-state index contributed by atoms with van der Waals surface area (Å²) >= 11 is 0. The molecule has 0 atom stereocenters. The maximum atomic E-state index is 2.30. The first-order valence-electron chi connectivity index (χ1n) is 4.27. The molecule has 0 N–H and O–H groups in total. The lowest BCUT2D eigenvalue weighted by atomic mass is 10.3. The largest absolute Gasteiger partial charge is 0.253 e. The molecule has 0 aromatic carbocycles. The zero-order valence-electron chi connectivity index (χ0n) is 7.67. The van der Waals surface area contributed by atoms with Crippen molar-refractivity contribution >= 4 is 0 Å². The standard InChI is InChI=1S/C9H17N2/c1-4-5-6-11-8-7-10(3)9(11)2/h7-8H,4-6H2,1-3H3/q+1. The Bertz CT molecular complexity index is 225. The van der Waals surface area contributed by atoms with Crippen LogP contribution in [0, 0.1) is 6.92 Å². The summed E-state index contributed by atoms with van der Waals surface area (Å²) in [5.41, 5.74) is 0. The van der Waals surface area contributed by atoms with Crippen LogP contribution in [0.5, 0.6) is 0 Å². The second-order valence-corrected chi connectivity index (χ2v) is 3.00. The van der Waals surface area contributed by atoms with Gasteiger partial charge in [-0.15, -0.1) is 0 Å². The molecule has 0 saturated carbocycles. The molecule has 2 heteroatoms. The van der Waals surface area contributed by atoms with Gasteiger partial charge < -0.3 is 0 Å². The van der Waals surface area contributed by atoms with Gasteiger partial charge in [-0.2, -0.15) is 0 Å². The van der Waals surface area contributed by atoms with Crippen molar-refractivity contribution in [2.75, 3.05) is 0 Å². The van der Waals surface area contributed by atoms with Gasteiger partial charge in [-0.05, 0) is 6.42 Å². The highest BCUT2D eigenvalue weighted by atomic mass is 15.1. The summed E-state index contributed by atoms with van der Waals surface area (Å²) in [6, 6.07) is 0. The molecule has 1 rings (SSSR count). The average Bonchev–Trinajstić information content (AvgIpc) is 2.31. The molecule has 0 aliphatic rings. The first-order chi connectivity index (χ1) is 5.25. The summed E-state index contributed by atoms with van der Waals surface area (Å²) < 4.78 is 4.44. The van der Waals surface area contributed by atoms with E-state index in [1.54, 1.807) is 0 Å². The average molecular weight is 153 g/mol. The zero-order valence-corrected chi connectivity index (χ0v) is 7.67. The smallest absolute Gasteiger partial charge is 0.237 e. The Labute approximate surface area is 68.5 Å². The summed E-state index contributed by atoms with van der Waals surface area (Å²) in [6.45, 7) is 5.53. The van der Waals surface area contributed by atoms with Gasteiger partial charge in [0, 0.05) is 6.92 Å². The van der Waals surface area contributed by atoms with Crippen LogP contribution in [0.2, 0.25) is 0 Å². The van der Waals surface area contributed by atoms with Crippen LogP contribution in [0.3, 0.4) is 0 Å². The van der Waals surface area contributed by atoms with Gasteiger partial charge in [0.2, 0.25) is 0 Å². The highest BCUT2D eigenvalue weighted by Gasteiger charge is 2.06. The molecular formula is C9H17N2+. The van der Waals surface area contributed by atoms with Crippen LogP contribution in [0.1, 0.15) is 25.6 Å². The third-order valence-corrected chi connectivity index (χ3v) is 2.15. The lowest BCUT2D eigenvalue weighted by Gasteiger charge is -1.95. The molecule has 0 aliphatic heterocycles. The summed E-state index contributed by atoms with van der Waals surface area (Å²) in [6.07, 6.45) is 6.78. The second kappa shape index (κ2) is 3.56. The minimum Gasteiger partial charge on any atom is -0.237 e. The molecule has 0 fully saturated rings. The fourth-order valence-electron chi connectivity index (χ4n) is 1.16. The molecule has 1 heterocycles. The number of nitrogens with zero attached hydrogens (tertiary/aromatic N) is 2. The van der Waals surface area contributed by atoms with E-state index in [1.807, 2.05) is 0 Å². The van der Waals surface area contributed by atoms with Crippen LogP contribution < -0.4 is 4.57 Å². The van der Waals surface area contributed by atoms with Crippen molar-refractivity contribution < 1.29 is 4.57 Å². The van der Waals surface area contributed by atoms with E-state index in [0.29, 0.717) is 0 Å². The SMILES string of the molecule is CCCCn1cc[n+](C)c1C. The maximum absolute atomic E-state index is 2.30. The van der Waals surface area contributed by atoms with E-state index in [1.165, 1.54) is 18.7 Å². The lowest BCUT2D eigenvalue weighted by Crippen LogP contribution is -2.29. The number of aryl methyl sites for hydroxylation is 2. The minimum absolute atomic E-state index is 1.16. The van der Waals surface area contributed by atoms with Crippen LogP contribution in [0.15, 0.2) is 12.4 Å². The Morgan fingerprint density at radius 2 is 2.27 bits per heavy atom. The maximum Gasteiger partial charge on any atom is 0.253 e. The van der Waals surface area contributed by atoms with Gasteiger partial charge in [0.1, 0.15) is 12.4 Å². The molecular weight excluding hydrogens is 136 g/mol. The predicted molar refractivity (Wildman–Crippen MR) is 45.3 cm³/mol. The van der Waals surface area contributed by atoms with Crippen LogP contribution in [0.4, 0.5) is 0 Å². The number of imidazole rings is 1. The Morgan fingerprint density at radius 1 is 1.55 bits per heavy atom. The molecule has 0 radical (unpaired) electrons. The Morgan fingerprint density at radius 3 is 2.73 bits per heavy atom. The van der Waals surface area contributed by atoms with Gasteiger partial charge in [-0.1, -0.05) is 13.3 Å². The fourth-order valence-corrected chi connectivity index (χ4v) is 1.16. The molecule has 0 amide bonds. The summed E-state index contributed by atoms with van der Waals surface area (Å²) in [7, 11) is 2.08. The summed E-state index contributed by atoms with van der Waals surface area (Å²) in [5.74, 6) is 1.33. The van der Waals surface area contributed by atoms with Crippen LogP contribution in [-0.2, 0) is 13.6 Å². The number of rotatable bonds is 3. The predicted octanol–water partition coefficient (Wildman–Crippen LogP) is 1.42. The number of unbranched alkanes of at least 4 members (excludes halogenated alkanes) is 1. The molecule has 1 aromatic rings. The Balaban J connectivity index is 2.63. The van der Waals surface area contributed by atoms with Gasteiger partial charge in [0.15, 0.2) is 0 Å². The quantitative estimate of drug-likeness (QED) is 0.581. The van der Waals surface area contributed by atoms with Gasteiger partial charge in [0.05, 0.1) is 13.6 Å². The first kappa shape index (κ1) is 8.31. The van der Waals surface area contributed by atoms with Gasteiger partial charge in [-0.3, -0.25) is 0 Å². The third-order valence-electron chi connectivity index (χ3n) is 2.15. The van der Waals surface area contributed by atoms with E-state index in [9.17, 15) is 0 Å². The molecule has 0 bridgehead atoms. The highest BCUT2D eigenvalue weighted by Crippen LogP contribution is 1.96. The highest BCUT2D eigenvalue weighted by molar-refractivity contribution is 4.78. The first-order valence-corrected chi connectivity index (χ1v) is 4.27. The normalized spacial score (nSPS) is 10.5. The van der Waals surface area contributed by atoms with Crippen LogP contribution in [-0.4, -0.2) is 4.57 Å². The fraction of sp³-hybridized carbons (Fsp3) is 0.667. The molecule has 11 heavy (non-hydrogen) atoms. The molecule has 2 nitrogen and oxygen atoms in total. The van der Waals surface area contributed by atoms with Crippen LogP contribution in [0.25, 0.3) is 0 Å². The van der Waals surface area contributed by atoms with E-state index in [2.05, 4.69) is 42.4 Å². The Hall–Kier alpha value is -0.790. The Kier molecular flexibility index (Phi) is 2.69. The van der Waals surface area contributed by atoms with E-state index in [0.717, 1.165) is 6.54 Å². The second-order valence-electron chi connectivity index (χ2n) is 3.00. The molecule has 1 aromatic heterocycles. The van der Waals surface area contributed by atoms with Crippen molar-refractivity contribution in [1.29, 1.82) is 0 Å². The van der Waals surface area contributed by atoms with E-state index >= 15 is 0 Å². The molecule has 0 aliphatic carbocycles. The van der Waals surface area contributed by atoms with E-state index in [4.69, 9.17) is 0 Å². The molecule has 0 saturated heterocycles. The van der Waals surface area contributed by atoms with Crippen molar-refractivity contribution in [2.45, 2.75) is 33.2 Å². The topological polar surface area (TPSA) is 8.81 Å². The summed E-state index contributed by atoms with van der Waals surface area (Å²) in [4.78, 5) is 0. The minimum atomic E-state index is 1.16. The number of hydrogen-bond acceptors (Lipinski definition) is 0.